The molecule has 0 heterocycles. The van der Waals surface area contributed by atoms with E-state index in [1.165, 1.54) is 0 Å². The van der Waals surface area contributed by atoms with Crippen molar-refractivity contribution in [2.75, 3.05) is 13.1 Å². The number of nitrogens with one attached hydrogen (secondary N) is 1. The second-order valence-electron chi connectivity index (χ2n) is 2.83. The number of hydrogen-bond acceptors (Lipinski definition) is 3. The molecular formula is C10H13Cl2N3. The van der Waals surface area contributed by atoms with Crippen molar-refractivity contribution in [3.63, 3.8) is 0 Å². The Morgan fingerprint density at radius 1 is 1.40 bits per heavy atom. The van der Waals surface area contributed by atoms with Crippen LogP contribution in [-0.4, -0.2) is 25.0 Å². The third-order valence-electron chi connectivity index (χ3n) is 1.64. The summed E-state index contributed by atoms with van der Waals surface area (Å²) in [6, 6.07) is 7.35. The average molecular weight is 246 g/mol. The summed E-state index contributed by atoms with van der Waals surface area (Å²) in [6.07, 6.45) is 1.71. The Labute approximate surface area is 100 Å². The van der Waals surface area contributed by atoms with Crippen LogP contribution < -0.4 is 5.73 Å². The summed E-state index contributed by atoms with van der Waals surface area (Å²) >= 11 is 5.72. The molecule has 0 atom stereocenters. The van der Waals surface area contributed by atoms with Gasteiger partial charge in [-0.1, -0.05) is 23.7 Å². The molecule has 1 aromatic carbocycles. The molecule has 0 spiro atoms. The van der Waals surface area contributed by atoms with Crippen molar-refractivity contribution >= 4 is 35.9 Å². The van der Waals surface area contributed by atoms with E-state index in [0.29, 0.717) is 17.3 Å². The van der Waals surface area contributed by atoms with Crippen LogP contribution in [0.2, 0.25) is 5.02 Å². The van der Waals surface area contributed by atoms with Gasteiger partial charge in [0.15, 0.2) is 0 Å². The average Bonchev–Trinajstić information content (AvgIpc) is 2.21. The second kappa shape index (κ2) is 7.40. The fourth-order valence-electron chi connectivity index (χ4n) is 0.875. The molecule has 0 unspecified atom stereocenters. The molecule has 0 amide bonds. The van der Waals surface area contributed by atoms with Crippen molar-refractivity contribution in [3.05, 3.63) is 34.9 Å². The zero-order valence-corrected chi connectivity index (χ0v) is 9.68. The molecule has 0 bridgehead atoms. The van der Waals surface area contributed by atoms with Crippen molar-refractivity contribution in [1.29, 1.82) is 5.41 Å². The van der Waals surface area contributed by atoms with Crippen molar-refractivity contribution in [3.8, 4) is 0 Å². The second-order valence-corrected chi connectivity index (χ2v) is 3.27. The Morgan fingerprint density at radius 2 is 2.00 bits per heavy atom. The van der Waals surface area contributed by atoms with E-state index in [-0.39, 0.29) is 19.0 Å². The summed E-state index contributed by atoms with van der Waals surface area (Å²) in [7, 11) is 0. The van der Waals surface area contributed by atoms with Gasteiger partial charge in [-0.25, -0.2) is 0 Å². The zero-order valence-electron chi connectivity index (χ0n) is 8.11. The lowest BCUT2D eigenvalue weighted by molar-refractivity contribution is 1.17. The minimum absolute atomic E-state index is 0. The van der Waals surface area contributed by atoms with Gasteiger partial charge in [0.05, 0.1) is 6.54 Å². The number of halogens is 2. The van der Waals surface area contributed by atoms with Gasteiger partial charge in [-0.3, -0.25) is 4.99 Å². The van der Waals surface area contributed by atoms with Gasteiger partial charge in [0.2, 0.25) is 0 Å². The van der Waals surface area contributed by atoms with Gasteiger partial charge in [0, 0.05) is 23.5 Å². The summed E-state index contributed by atoms with van der Waals surface area (Å²) in [6.45, 7) is 0.622. The molecule has 0 aliphatic heterocycles. The Kier molecular flexibility index (Phi) is 6.96. The normalized spacial score (nSPS) is 10.0. The highest BCUT2D eigenvalue weighted by Gasteiger charge is 1.90. The molecule has 3 N–H and O–H groups in total. The minimum atomic E-state index is 0. The van der Waals surface area contributed by atoms with E-state index in [0.717, 1.165) is 5.56 Å². The van der Waals surface area contributed by atoms with E-state index in [2.05, 4.69) is 4.99 Å². The number of hydrogen-bond donors (Lipinski definition) is 2. The van der Waals surface area contributed by atoms with Gasteiger partial charge in [0.1, 0.15) is 0 Å². The lowest BCUT2D eigenvalue weighted by atomic mass is 10.2. The molecule has 82 valence electrons. The third kappa shape index (κ3) is 5.52. The van der Waals surface area contributed by atoms with Gasteiger partial charge in [0.25, 0.3) is 0 Å². The van der Waals surface area contributed by atoms with Crippen molar-refractivity contribution in [2.24, 2.45) is 10.7 Å². The number of benzene rings is 1. The van der Waals surface area contributed by atoms with Crippen LogP contribution in [0, 0.1) is 5.41 Å². The van der Waals surface area contributed by atoms with Crippen LogP contribution in [0.5, 0.6) is 0 Å². The first-order valence-electron chi connectivity index (χ1n) is 4.24. The highest BCUT2D eigenvalue weighted by molar-refractivity contribution is 6.30. The molecule has 1 rings (SSSR count). The summed E-state index contributed by atoms with van der Waals surface area (Å²) < 4.78 is 0. The van der Waals surface area contributed by atoms with Crippen LogP contribution >= 0.6 is 24.0 Å². The smallest absolute Gasteiger partial charge is 0.0778 e. The monoisotopic (exact) mass is 245 g/mol. The largest absolute Gasteiger partial charge is 0.325 e. The van der Waals surface area contributed by atoms with Crippen molar-refractivity contribution in [1.82, 2.24) is 0 Å². The summed E-state index contributed by atoms with van der Waals surface area (Å²) in [4.78, 5) is 4.07. The maximum Gasteiger partial charge on any atom is 0.0778 e. The van der Waals surface area contributed by atoms with Crippen LogP contribution in [0.3, 0.4) is 0 Å². The lowest BCUT2D eigenvalue weighted by Gasteiger charge is -1.95. The SMILES string of the molecule is Cl.N=C(CN)CN=Cc1ccc(Cl)cc1. The maximum atomic E-state index is 7.28. The van der Waals surface area contributed by atoms with Crippen LogP contribution in [-0.2, 0) is 0 Å². The van der Waals surface area contributed by atoms with Crippen LogP contribution in [0.4, 0.5) is 0 Å². The number of rotatable bonds is 4. The van der Waals surface area contributed by atoms with Gasteiger partial charge in [-0.2, -0.15) is 0 Å². The standard InChI is InChI=1S/C10H12ClN3.ClH/c11-9-3-1-8(2-4-9)6-14-7-10(13)5-12;/h1-4,6,13H,5,7,12H2;1H. The van der Waals surface area contributed by atoms with Crippen LogP contribution in [0.1, 0.15) is 5.56 Å². The molecule has 1 aromatic rings. The van der Waals surface area contributed by atoms with E-state index in [1.54, 1.807) is 18.3 Å². The van der Waals surface area contributed by atoms with Crippen molar-refractivity contribution < 1.29 is 0 Å². The van der Waals surface area contributed by atoms with Gasteiger partial charge in [-0.15, -0.1) is 12.4 Å². The Hall–Kier alpha value is -0.900. The Morgan fingerprint density at radius 3 is 2.53 bits per heavy atom. The lowest BCUT2D eigenvalue weighted by Crippen LogP contribution is -2.15. The fourth-order valence-corrected chi connectivity index (χ4v) is 1.00. The molecule has 5 heteroatoms. The molecule has 15 heavy (non-hydrogen) atoms. The molecule has 0 saturated carbocycles. The molecule has 0 aliphatic carbocycles. The summed E-state index contributed by atoms with van der Waals surface area (Å²) in [5, 5.41) is 7.98. The van der Waals surface area contributed by atoms with E-state index >= 15 is 0 Å². The predicted molar refractivity (Wildman–Crippen MR) is 67.9 cm³/mol. The first-order valence-corrected chi connectivity index (χ1v) is 4.62. The molecular weight excluding hydrogens is 233 g/mol. The number of nitrogens with zero attached hydrogens (tertiary/aromatic N) is 1. The first kappa shape index (κ1) is 14.1. The topological polar surface area (TPSA) is 62.2 Å². The highest BCUT2D eigenvalue weighted by Crippen LogP contribution is 2.07. The molecule has 0 fully saturated rings. The van der Waals surface area contributed by atoms with E-state index < -0.39 is 0 Å². The molecule has 0 saturated heterocycles. The zero-order chi connectivity index (χ0) is 10.4. The van der Waals surface area contributed by atoms with Crippen LogP contribution in [0.15, 0.2) is 29.3 Å². The summed E-state index contributed by atoms with van der Waals surface area (Å²) in [5.74, 6) is 0. The minimum Gasteiger partial charge on any atom is -0.325 e. The van der Waals surface area contributed by atoms with Gasteiger partial charge >= 0.3 is 0 Å². The molecule has 0 aliphatic rings. The van der Waals surface area contributed by atoms with E-state index in [9.17, 15) is 0 Å². The summed E-state index contributed by atoms with van der Waals surface area (Å²) in [5.41, 5.74) is 6.65. The first-order chi connectivity index (χ1) is 6.72. The predicted octanol–water partition coefficient (Wildman–Crippen LogP) is 2.16. The maximum absolute atomic E-state index is 7.28. The van der Waals surface area contributed by atoms with E-state index in [1.807, 2.05) is 12.1 Å². The quantitative estimate of drug-likeness (QED) is 0.785. The number of nitrogens with two attached hydrogens (primary N) is 1. The third-order valence-corrected chi connectivity index (χ3v) is 1.89. The van der Waals surface area contributed by atoms with Gasteiger partial charge in [-0.05, 0) is 17.7 Å². The van der Waals surface area contributed by atoms with Crippen molar-refractivity contribution in [2.45, 2.75) is 0 Å². The Bertz CT molecular complexity index is 333. The molecule has 0 aromatic heterocycles. The van der Waals surface area contributed by atoms with E-state index in [4.69, 9.17) is 22.7 Å². The highest BCUT2D eigenvalue weighted by atomic mass is 35.5. The molecule has 0 radical (unpaired) electrons. The fraction of sp³-hybridized carbons (Fsp3) is 0.200. The molecule has 3 nitrogen and oxygen atoms in total. The number of aliphatic imine (C=N–C) groups is 1. The van der Waals surface area contributed by atoms with Gasteiger partial charge < -0.3 is 11.1 Å². The Balaban J connectivity index is 0.00000196. The van der Waals surface area contributed by atoms with Crippen LogP contribution in [0.25, 0.3) is 0 Å².